The van der Waals surface area contributed by atoms with Gasteiger partial charge in [0.05, 0.1) is 19.4 Å². The summed E-state index contributed by atoms with van der Waals surface area (Å²) in [6.45, 7) is 3.27. The Morgan fingerprint density at radius 1 is 1.21 bits per heavy atom. The summed E-state index contributed by atoms with van der Waals surface area (Å²) in [7, 11) is 0. The number of halogens is 2. The van der Waals surface area contributed by atoms with Crippen LogP contribution in [0.25, 0.3) is 0 Å². The maximum atomic E-state index is 13.1. The minimum absolute atomic E-state index is 0.0761. The van der Waals surface area contributed by atoms with Crippen LogP contribution in [-0.4, -0.2) is 35.6 Å². The molecule has 6 nitrogen and oxygen atoms in total. The molecule has 1 amide bonds. The number of aliphatic carboxylic acids is 1. The molecule has 0 aliphatic rings. The van der Waals surface area contributed by atoms with E-state index in [4.69, 9.17) is 4.74 Å². The molecule has 0 aliphatic heterocycles. The van der Waals surface area contributed by atoms with Gasteiger partial charge in [-0.1, -0.05) is 6.92 Å². The lowest BCUT2D eigenvalue weighted by Crippen LogP contribution is -2.46. The Morgan fingerprint density at radius 2 is 1.79 bits per heavy atom. The van der Waals surface area contributed by atoms with Gasteiger partial charge in [-0.25, -0.2) is 13.6 Å². The third-order valence-electron chi connectivity index (χ3n) is 3.23. The molecule has 8 heteroatoms. The van der Waals surface area contributed by atoms with Gasteiger partial charge in [-0.2, -0.15) is 0 Å². The largest absolute Gasteiger partial charge is 0.480 e. The van der Waals surface area contributed by atoms with Gasteiger partial charge in [0.2, 0.25) is 5.91 Å². The summed E-state index contributed by atoms with van der Waals surface area (Å²) in [5, 5.41) is 11.5. The fourth-order valence-corrected chi connectivity index (χ4v) is 2.17. The highest BCUT2D eigenvalue weighted by atomic mass is 19.1. The van der Waals surface area contributed by atoms with Crippen molar-refractivity contribution in [3.63, 3.8) is 0 Å². The van der Waals surface area contributed by atoms with E-state index in [1.807, 2.05) is 0 Å². The molecule has 2 atom stereocenters. The van der Waals surface area contributed by atoms with Crippen molar-refractivity contribution in [2.24, 2.45) is 5.92 Å². The topological polar surface area (TPSA) is 92.7 Å². The summed E-state index contributed by atoms with van der Waals surface area (Å²) in [5.41, 5.74) is 0.0761. The highest BCUT2D eigenvalue weighted by Gasteiger charge is 2.28. The quantitative estimate of drug-likeness (QED) is 0.701. The SMILES string of the molecule is CCOC(=O)C[C@H](C)[C@@H](NC(=O)Cc1cc(F)cc(F)c1)C(=O)O. The second-order valence-corrected chi connectivity index (χ2v) is 5.32. The number of benzene rings is 1. The summed E-state index contributed by atoms with van der Waals surface area (Å²) < 4.78 is 30.9. The third-order valence-corrected chi connectivity index (χ3v) is 3.23. The minimum Gasteiger partial charge on any atom is -0.480 e. The summed E-state index contributed by atoms with van der Waals surface area (Å²) in [5.74, 6) is -4.98. The van der Waals surface area contributed by atoms with Crippen LogP contribution in [0.4, 0.5) is 8.78 Å². The zero-order valence-electron chi connectivity index (χ0n) is 13.3. The molecule has 0 aliphatic carbocycles. The van der Waals surface area contributed by atoms with Crippen molar-refractivity contribution in [2.75, 3.05) is 6.61 Å². The Balaban J connectivity index is 2.71. The molecule has 1 rings (SSSR count). The van der Waals surface area contributed by atoms with Crippen molar-refractivity contribution in [1.29, 1.82) is 0 Å². The van der Waals surface area contributed by atoms with E-state index < -0.39 is 41.4 Å². The summed E-state index contributed by atoms with van der Waals surface area (Å²) >= 11 is 0. The van der Waals surface area contributed by atoms with E-state index in [1.165, 1.54) is 6.92 Å². The van der Waals surface area contributed by atoms with Crippen LogP contribution in [0.2, 0.25) is 0 Å². The van der Waals surface area contributed by atoms with Crippen LogP contribution in [0, 0.1) is 17.6 Å². The van der Waals surface area contributed by atoms with Crippen molar-refractivity contribution in [3.8, 4) is 0 Å². The zero-order chi connectivity index (χ0) is 18.3. The predicted molar refractivity (Wildman–Crippen MR) is 80.0 cm³/mol. The van der Waals surface area contributed by atoms with Gasteiger partial charge in [-0.05, 0) is 30.5 Å². The number of esters is 1. The Hall–Kier alpha value is -2.51. The van der Waals surface area contributed by atoms with Gasteiger partial charge < -0.3 is 15.2 Å². The van der Waals surface area contributed by atoms with E-state index in [-0.39, 0.29) is 25.0 Å². The number of carboxylic acids is 1. The van der Waals surface area contributed by atoms with E-state index in [9.17, 15) is 28.3 Å². The molecule has 0 spiro atoms. The van der Waals surface area contributed by atoms with Crippen molar-refractivity contribution in [2.45, 2.75) is 32.7 Å². The first kappa shape index (κ1) is 19.5. The molecule has 2 N–H and O–H groups in total. The molecule has 1 aromatic rings. The van der Waals surface area contributed by atoms with Gasteiger partial charge in [0.1, 0.15) is 17.7 Å². The normalized spacial score (nSPS) is 13.0. The molecule has 0 bridgehead atoms. The third kappa shape index (κ3) is 6.31. The lowest BCUT2D eigenvalue weighted by atomic mass is 9.98. The average molecular weight is 343 g/mol. The number of nitrogens with one attached hydrogen (secondary N) is 1. The maximum absolute atomic E-state index is 13.1. The van der Waals surface area contributed by atoms with Gasteiger partial charge >= 0.3 is 11.9 Å². The fourth-order valence-electron chi connectivity index (χ4n) is 2.17. The predicted octanol–water partition coefficient (Wildman–Crippen LogP) is 1.67. The molecule has 0 saturated carbocycles. The minimum atomic E-state index is -1.32. The van der Waals surface area contributed by atoms with Crippen molar-refractivity contribution in [3.05, 3.63) is 35.4 Å². The smallest absolute Gasteiger partial charge is 0.326 e. The first-order valence-electron chi connectivity index (χ1n) is 7.35. The number of hydrogen-bond donors (Lipinski definition) is 2. The van der Waals surface area contributed by atoms with Crippen LogP contribution in [0.15, 0.2) is 18.2 Å². The molecule has 0 fully saturated rings. The van der Waals surface area contributed by atoms with Gasteiger partial charge in [-0.3, -0.25) is 9.59 Å². The van der Waals surface area contributed by atoms with Crippen molar-refractivity contribution < 1.29 is 33.0 Å². The second kappa shape index (κ2) is 8.95. The van der Waals surface area contributed by atoms with Crippen LogP contribution < -0.4 is 5.32 Å². The zero-order valence-corrected chi connectivity index (χ0v) is 13.3. The van der Waals surface area contributed by atoms with E-state index >= 15 is 0 Å². The van der Waals surface area contributed by atoms with Gasteiger partial charge in [-0.15, -0.1) is 0 Å². The number of carbonyl (C=O) groups is 3. The number of carboxylic acid groups (broad SMARTS) is 1. The number of hydrogen-bond acceptors (Lipinski definition) is 4. The molecule has 132 valence electrons. The fraction of sp³-hybridized carbons (Fsp3) is 0.438. The Labute approximate surface area is 137 Å². The molecule has 0 unspecified atom stereocenters. The van der Waals surface area contributed by atoms with Crippen LogP contribution in [0.1, 0.15) is 25.8 Å². The molecule has 0 aromatic heterocycles. The van der Waals surface area contributed by atoms with Gasteiger partial charge in [0, 0.05) is 6.07 Å². The van der Waals surface area contributed by atoms with E-state index in [0.717, 1.165) is 12.1 Å². The molecule has 0 saturated heterocycles. The van der Waals surface area contributed by atoms with E-state index in [2.05, 4.69) is 5.32 Å². The van der Waals surface area contributed by atoms with Gasteiger partial charge in [0.25, 0.3) is 0 Å². The number of carbonyl (C=O) groups excluding carboxylic acids is 2. The standard InChI is InChI=1S/C16H19F2NO5/c1-3-24-14(21)4-9(2)15(16(22)23)19-13(20)7-10-5-11(17)8-12(18)6-10/h5-6,8-9,15H,3-4,7H2,1-2H3,(H,19,20)(H,22,23)/t9-,15+/m0/s1. The van der Waals surface area contributed by atoms with Gasteiger partial charge in [0.15, 0.2) is 0 Å². The van der Waals surface area contributed by atoms with Crippen LogP contribution >= 0.6 is 0 Å². The molecule has 1 aromatic carbocycles. The highest BCUT2D eigenvalue weighted by Crippen LogP contribution is 2.12. The van der Waals surface area contributed by atoms with Crippen molar-refractivity contribution >= 4 is 17.8 Å². The molecular formula is C16H19F2NO5. The monoisotopic (exact) mass is 343 g/mol. The number of rotatable bonds is 8. The van der Waals surface area contributed by atoms with Crippen LogP contribution in [0.3, 0.4) is 0 Å². The maximum Gasteiger partial charge on any atom is 0.326 e. The Bertz CT molecular complexity index is 600. The first-order chi connectivity index (χ1) is 11.2. The van der Waals surface area contributed by atoms with Crippen LogP contribution in [0.5, 0.6) is 0 Å². The Kier molecular flexibility index (Phi) is 7.29. The Morgan fingerprint density at radius 3 is 2.29 bits per heavy atom. The van der Waals surface area contributed by atoms with Crippen LogP contribution in [-0.2, 0) is 25.5 Å². The lowest BCUT2D eigenvalue weighted by Gasteiger charge is -2.20. The average Bonchev–Trinajstić information content (AvgIpc) is 2.43. The molecule has 0 radical (unpaired) electrons. The lowest BCUT2D eigenvalue weighted by molar-refractivity contribution is -0.147. The molecule has 0 heterocycles. The summed E-state index contributed by atoms with van der Waals surface area (Å²) in [4.78, 5) is 34.6. The summed E-state index contributed by atoms with van der Waals surface area (Å²) in [6, 6.07) is 1.32. The number of ether oxygens (including phenoxy) is 1. The first-order valence-corrected chi connectivity index (χ1v) is 7.35. The van der Waals surface area contributed by atoms with E-state index in [0.29, 0.717) is 6.07 Å². The molecular weight excluding hydrogens is 324 g/mol. The summed E-state index contributed by atoms with van der Waals surface area (Å²) in [6.07, 6.45) is -0.565. The highest BCUT2D eigenvalue weighted by molar-refractivity contribution is 5.85. The second-order valence-electron chi connectivity index (χ2n) is 5.32. The number of amides is 1. The van der Waals surface area contributed by atoms with E-state index in [1.54, 1.807) is 6.92 Å². The molecule has 24 heavy (non-hydrogen) atoms. The van der Waals surface area contributed by atoms with Crippen molar-refractivity contribution in [1.82, 2.24) is 5.32 Å².